The highest BCUT2D eigenvalue weighted by molar-refractivity contribution is 6.30. The molecule has 0 aliphatic carbocycles. The number of nitrogens with zero attached hydrogens (tertiary/aromatic N) is 1. The molecule has 0 radical (unpaired) electrons. The first-order chi connectivity index (χ1) is 11.5. The molecule has 6 nitrogen and oxygen atoms in total. The van der Waals surface area contributed by atoms with Gasteiger partial charge in [0.15, 0.2) is 5.96 Å². The van der Waals surface area contributed by atoms with Crippen LogP contribution in [-0.4, -0.2) is 38.7 Å². The number of benzene rings is 1. The molecule has 0 saturated carbocycles. The van der Waals surface area contributed by atoms with Crippen molar-refractivity contribution in [2.45, 2.75) is 26.5 Å². The van der Waals surface area contributed by atoms with Crippen molar-refractivity contribution in [2.75, 3.05) is 20.2 Å². The number of carbonyl (C=O) groups is 1. The first-order valence-electron chi connectivity index (χ1n) is 7.28. The summed E-state index contributed by atoms with van der Waals surface area (Å²) in [7, 11) is 1.31. The van der Waals surface area contributed by atoms with E-state index in [1.807, 2.05) is 6.92 Å². The molecule has 2 N–H and O–H groups in total. The Balaban J connectivity index is 2.77. The van der Waals surface area contributed by atoms with Crippen molar-refractivity contribution in [3.63, 3.8) is 0 Å². The van der Waals surface area contributed by atoms with Crippen molar-refractivity contribution in [3.8, 4) is 5.75 Å². The molecule has 0 bridgehead atoms. The monoisotopic (exact) mass is 363 g/mol. The molecule has 0 amide bonds. The topological polar surface area (TPSA) is 72.0 Å². The Morgan fingerprint density at radius 2 is 2.12 bits per heavy atom. The summed E-state index contributed by atoms with van der Waals surface area (Å²) in [5.74, 6) is 0.105. The lowest BCUT2D eigenvalue weighted by atomic mass is 10.2. The fraction of sp³-hybridized carbons (Fsp3) is 0.467. The first kappa shape index (κ1) is 20.0. The summed E-state index contributed by atoms with van der Waals surface area (Å²) in [5.41, 5.74) is 0.424. The van der Waals surface area contributed by atoms with E-state index in [1.165, 1.54) is 25.3 Å². The largest absolute Gasteiger partial charge is 0.469 e. The van der Waals surface area contributed by atoms with Gasteiger partial charge in [-0.05, 0) is 25.1 Å². The Labute approximate surface area is 144 Å². The van der Waals surface area contributed by atoms with Gasteiger partial charge in [-0.1, -0.05) is 11.6 Å². The highest BCUT2D eigenvalue weighted by Crippen LogP contribution is 2.25. The molecule has 0 aliphatic heterocycles. The lowest BCUT2D eigenvalue weighted by Crippen LogP contribution is -2.38. The van der Waals surface area contributed by atoms with Crippen LogP contribution in [-0.2, 0) is 16.1 Å². The third-order valence-corrected chi connectivity index (χ3v) is 3.07. The fourth-order valence-corrected chi connectivity index (χ4v) is 1.97. The summed E-state index contributed by atoms with van der Waals surface area (Å²) in [6.07, 6.45) is 0.178. The lowest BCUT2D eigenvalue weighted by Gasteiger charge is -2.12. The van der Waals surface area contributed by atoms with Crippen LogP contribution >= 0.6 is 11.6 Å². The second kappa shape index (κ2) is 10.6. The molecule has 1 rings (SSSR count). The van der Waals surface area contributed by atoms with Crippen LogP contribution in [0.15, 0.2) is 23.2 Å². The molecule has 0 heterocycles. The van der Waals surface area contributed by atoms with Gasteiger partial charge in [0, 0.05) is 23.7 Å². The molecule has 0 saturated heterocycles. The second-order valence-electron chi connectivity index (χ2n) is 4.58. The van der Waals surface area contributed by atoms with Gasteiger partial charge in [-0.25, -0.2) is 4.99 Å². The number of ether oxygens (including phenoxy) is 2. The van der Waals surface area contributed by atoms with Crippen molar-refractivity contribution < 1.29 is 23.0 Å². The molecule has 1 aromatic carbocycles. The average molecular weight is 364 g/mol. The summed E-state index contributed by atoms with van der Waals surface area (Å²) < 4.78 is 33.9. The molecule has 0 unspecified atom stereocenters. The van der Waals surface area contributed by atoms with Gasteiger partial charge in [-0.15, -0.1) is 0 Å². The molecule has 0 atom stereocenters. The number of guanidine groups is 1. The van der Waals surface area contributed by atoms with Crippen LogP contribution in [0.1, 0.15) is 18.9 Å². The van der Waals surface area contributed by atoms with Crippen LogP contribution in [0.25, 0.3) is 0 Å². The summed E-state index contributed by atoms with van der Waals surface area (Å²) in [4.78, 5) is 15.4. The fourth-order valence-electron chi connectivity index (χ4n) is 1.77. The molecule has 0 aromatic heterocycles. The molecule has 24 heavy (non-hydrogen) atoms. The van der Waals surface area contributed by atoms with Gasteiger partial charge in [-0.2, -0.15) is 8.78 Å². The van der Waals surface area contributed by atoms with E-state index in [-0.39, 0.29) is 24.7 Å². The molecular weight excluding hydrogens is 344 g/mol. The number of rotatable bonds is 8. The Morgan fingerprint density at radius 3 is 2.75 bits per heavy atom. The van der Waals surface area contributed by atoms with E-state index in [9.17, 15) is 13.6 Å². The standard InChI is InChI=1S/C15H20ClF2N3O3/c1-3-19-15(20-7-6-13(22)23-2)21-9-10-8-11(16)4-5-12(10)24-14(17)18/h4-5,8,14H,3,6-7,9H2,1-2H3,(H2,19,20,21). The van der Waals surface area contributed by atoms with Crippen LogP contribution in [0.5, 0.6) is 5.75 Å². The van der Waals surface area contributed by atoms with Crippen molar-refractivity contribution in [1.29, 1.82) is 0 Å². The summed E-state index contributed by atoms with van der Waals surface area (Å²) >= 11 is 5.89. The molecule has 0 fully saturated rings. The third-order valence-electron chi connectivity index (χ3n) is 2.84. The molecule has 134 valence electrons. The molecule has 1 aromatic rings. The first-order valence-corrected chi connectivity index (χ1v) is 7.66. The van der Waals surface area contributed by atoms with Crippen molar-refractivity contribution in [3.05, 3.63) is 28.8 Å². The maximum absolute atomic E-state index is 12.4. The van der Waals surface area contributed by atoms with E-state index >= 15 is 0 Å². The number of alkyl halides is 2. The van der Waals surface area contributed by atoms with Gasteiger partial charge in [0.25, 0.3) is 0 Å². The Morgan fingerprint density at radius 1 is 1.38 bits per heavy atom. The SMILES string of the molecule is CCNC(=NCc1cc(Cl)ccc1OC(F)F)NCCC(=O)OC. The van der Waals surface area contributed by atoms with E-state index in [2.05, 4.69) is 25.1 Å². The van der Waals surface area contributed by atoms with Crippen LogP contribution in [0.4, 0.5) is 8.78 Å². The average Bonchev–Trinajstić information content (AvgIpc) is 2.54. The summed E-state index contributed by atoms with van der Waals surface area (Å²) in [5, 5.41) is 6.33. The van der Waals surface area contributed by atoms with E-state index in [0.29, 0.717) is 29.6 Å². The van der Waals surface area contributed by atoms with Gasteiger partial charge in [-0.3, -0.25) is 4.79 Å². The number of halogens is 3. The van der Waals surface area contributed by atoms with E-state index in [1.54, 1.807) is 0 Å². The number of esters is 1. The second-order valence-corrected chi connectivity index (χ2v) is 5.02. The van der Waals surface area contributed by atoms with Crippen molar-refractivity contribution in [2.24, 2.45) is 4.99 Å². The van der Waals surface area contributed by atoms with Crippen molar-refractivity contribution in [1.82, 2.24) is 10.6 Å². The zero-order valence-corrected chi connectivity index (χ0v) is 14.2. The van der Waals surface area contributed by atoms with E-state index < -0.39 is 6.61 Å². The van der Waals surface area contributed by atoms with Crippen molar-refractivity contribution >= 4 is 23.5 Å². The predicted molar refractivity (Wildman–Crippen MR) is 87.5 cm³/mol. The van der Waals surface area contributed by atoms with Gasteiger partial charge < -0.3 is 20.1 Å². The van der Waals surface area contributed by atoms with E-state index in [0.717, 1.165) is 0 Å². The number of carbonyl (C=O) groups excluding carboxylic acids is 1. The van der Waals surface area contributed by atoms with Gasteiger partial charge in [0.1, 0.15) is 5.75 Å². The maximum atomic E-state index is 12.4. The highest BCUT2D eigenvalue weighted by atomic mass is 35.5. The molecule has 0 aliphatic rings. The molecule has 0 spiro atoms. The number of hydrogen-bond donors (Lipinski definition) is 2. The zero-order valence-electron chi connectivity index (χ0n) is 13.4. The minimum absolute atomic E-state index is 0.0172. The smallest absolute Gasteiger partial charge is 0.387 e. The molecular formula is C15H20ClF2N3O3. The summed E-state index contributed by atoms with van der Waals surface area (Å²) in [6, 6.07) is 4.35. The maximum Gasteiger partial charge on any atom is 0.387 e. The Bertz CT molecular complexity index is 571. The van der Waals surface area contributed by atoms with Crippen LogP contribution in [0.2, 0.25) is 5.02 Å². The van der Waals surface area contributed by atoms with E-state index in [4.69, 9.17) is 11.6 Å². The number of methoxy groups -OCH3 is 1. The highest BCUT2D eigenvalue weighted by Gasteiger charge is 2.10. The van der Waals surface area contributed by atoms with Crippen LogP contribution < -0.4 is 15.4 Å². The van der Waals surface area contributed by atoms with Crippen LogP contribution in [0, 0.1) is 0 Å². The number of aliphatic imine (C=N–C) groups is 1. The summed E-state index contributed by atoms with van der Waals surface area (Å²) in [6.45, 7) is -0.0485. The number of nitrogens with one attached hydrogen (secondary N) is 2. The van der Waals surface area contributed by atoms with Gasteiger partial charge in [0.2, 0.25) is 0 Å². The van der Waals surface area contributed by atoms with Gasteiger partial charge >= 0.3 is 12.6 Å². The van der Waals surface area contributed by atoms with Crippen LogP contribution in [0.3, 0.4) is 0 Å². The Kier molecular flexibility index (Phi) is 8.85. The zero-order chi connectivity index (χ0) is 17.9. The predicted octanol–water partition coefficient (Wildman–Crippen LogP) is 2.56. The Hall–Kier alpha value is -2.09. The lowest BCUT2D eigenvalue weighted by molar-refractivity contribution is -0.140. The minimum atomic E-state index is -2.93. The third kappa shape index (κ3) is 7.45. The quantitative estimate of drug-likeness (QED) is 0.422. The normalized spacial score (nSPS) is 11.3. The molecule has 9 heteroatoms. The van der Waals surface area contributed by atoms with Gasteiger partial charge in [0.05, 0.1) is 20.1 Å². The number of hydrogen-bond acceptors (Lipinski definition) is 4. The minimum Gasteiger partial charge on any atom is -0.469 e.